The molecule has 1 aromatic heterocycles. The second-order valence-electron chi connectivity index (χ2n) is 8.45. The molecule has 1 heterocycles. The maximum Gasteiger partial charge on any atom is 0.510 e. The van der Waals surface area contributed by atoms with Crippen molar-refractivity contribution in [2.45, 2.75) is 52.9 Å². The Morgan fingerprint density at radius 3 is 2.51 bits per heavy atom. The van der Waals surface area contributed by atoms with Crippen LogP contribution in [-0.4, -0.2) is 28.5 Å². The number of aromatic nitrogens is 1. The Hall–Kier alpha value is -2.26. The van der Waals surface area contributed by atoms with Crippen molar-refractivity contribution >= 4 is 40.6 Å². The Morgan fingerprint density at radius 1 is 1.20 bits per heavy atom. The van der Waals surface area contributed by atoms with Gasteiger partial charge in [-0.15, -0.1) is 0 Å². The number of rotatable bonds is 8. The van der Waals surface area contributed by atoms with Gasteiger partial charge in [-0.1, -0.05) is 46.3 Å². The number of aryl methyl sites for hydroxylation is 2. The summed E-state index contributed by atoms with van der Waals surface area (Å²) >= 11 is 3.11. The quantitative estimate of drug-likeness (QED) is 0.175. The number of fused-ring (bicyclic) bond motifs is 1. The first-order chi connectivity index (χ1) is 16.3. The number of halogens is 3. The Kier molecular flexibility index (Phi) is 8.11. The molecule has 0 bridgehead atoms. The van der Waals surface area contributed by atoms with Crippen LogP contribution in [-0.2, 0) is 30.8 Å². The minimum absolute atomic E-state index is 0.0550. The minimum atomic E-state index is -5.56. The van der Waals surface area contributed by atoms with Crippen LogP contribution < -0.4 is 0 Å². The van der Waals surface area contributed by atoms with E-state index in [0.717, 1.165) is 33.8 Å². The van der Waals surface area contributed by atoms with Crippen LogP contribution in [0.4, 0.5) is 13.6 Å². The van der Waals surface area contributed by atoms with Crippen LogP contribution in [0.2, 0.25) is 0 Å². The first kappa shape index (κ1) is 27.3. The monoisotopic (exact) mass is 573 g/mol. The molecule has 0 radical (unpaired) electrons. The van der Waals surface area contributed by atoms with Crippen molar-refractivity contribution < 1.29 is 37.0 Å². The van der Waals surface area contributed by atoms with E-state index in [4.69, 9.17) is 0 Å². The maximum absolute atomic E-state index is 15.0. The average molecular weight is 574 g/mol. The summed E-state index contributed by atoms with van der Waals surface area (Å²) in [5.41, 5.74) is 0.0918. The van der Waals surface area contributed by atoms with Crippen molar-refractivity contribution in [2.24, 2.45) is 0 Å². The summed E-state index contributed by atoms with van der Waals surface area (Å²) in [6.45, 7) is 8.42. The first-order valence-corrected chi connectivity index (χ1v) is 13.2. The third-order valence-corrected chi connectivity index (χ3v) is 7.71. The zero-order valence-corrected chi connectivity index (χ0v) is 22.5. The van der Waals surface area contributed by atoms with Crippen LogP contribution in [0.25, 0.3) is 10.9 Å². The highest BCUT2D eigenvalue weighted by Crippen LogP contribution is 2.64. The Balaban J connectivity index is 1.82. The molecular formula is C24H27BrF2NO6P. The highest BCUT2D eigenvalue weighted by atomic mass is 79.9. The summed E-state index contributed by atoms with van der Waals surface area (Å²) in [7, 11) is -5.56. The molecule has 0 amide bonds. The smallest absolute Gasteiger partial charge is 0.432 e. The van der Waals surface area contributed by atoms with Gasteiger partial charge in [-0.25, -0.2) is 4.79 Å². The van der Waals surface area contributed by atoms with Crippen LogP contribution in [0.1, 0.15) is 41.8 Å². The molecule has 1 unspecified atom stereocenters. The fraction of sp³-hybridized carbons (Fsp3) is 0.375. The van der Waals surface area contributed by atoms with Crippen molar-refractivity contribution in [3.63, 3.8) is 0 Å². The van der Waals surface area contributed by atoms with Gasteiger partial charge in [0.25, 0.3) is 0 Å². The van der Waals surface area contributed by atoms with Crippen LogP contribution >= 0.6 is 23.5 Å². The third-order valence-electron chi connectivity index (χ3n) is 5.65. The second-order valence-corrected chi connectivity index (χ2v) is 11.2. The van der Waals surface area contributed by atoms with Gasteiger partial charge in [0.1, 0.15) is 0 Å². The molecule has 0 aliphatic rings. The number of benzene rings is 2. The number of para-hydroxylation sites is 1. The Labute approximate surface area is 210 Å². The number of carbonyl (C=O) groups is 1. The van der Waals surface area contributed by atoms with Gasteiger partial charge in [0, 0.05) is 27.7 Å². The zero-order chi connectivity index (χ0) is 26.1. The molecule has 190 valence electrons. The molecule has 3 rings (SSSR count). The summed E-state index contributed by atoms with van der Waals surface area (Å²) in [4.78, 5) is 21.3. The van der Waals surface area contributed by atoms with Crippen molar-refractivity contribution in [2.75, 3.05) is 6.79 Å². The van der Waals surface area contributed by atoms with Crippen LogP contribution in [0.3, 0.4) is 0 Å². The largest absolute Gasteiger partial charge is 0.510 e. The predicted molar refractivity (Wildman–Crippen MR) is 132 cm³/mol. The molecule has 0 saturated carbocycles. The highest BCUT2D eigenvalue weighted by Gasteiger charge is 2.54. The summed E-state index contributed by atoms with van der Waals surface area (Å²) < 4.78 is 57.8. The molecule has 0 saturated heterocycles. The number of ether oxygens (including phenoxy) is 2. The van der Waals surface area contributed by atoms with Gasteiger partial charge in [-0.3, -0.25) is 9.09 Å². The normalized spacial score (nSPS) is 13.8. The maximum atomic E-state index is 15.0. The van der Waals surface area contributed by atoms with E-state index in [1.807, 2.05) is 39.0 Å². The van der Waals surface area contributed by atoms with E-state index in [1.165, 1.54) is 12.1 Å². The summed E-state index contributed by atoms with van der Waals surface area (Å²) in [6.07, 6.45) is -1.72. The van der Waals surface area contributed by atoms with Gasteiger partial charge in [0.05, 0.1) is 11.6 Å². The summed E-state index contributed by atoms with van der Waals surface area (Å²) in [5, 5.41) is 1.13. The Bertz CT molecular complexity index is 1310. The molecule has 0 aliphatic carbocycles. The third kappa shape index (κ3) is 5.61. The minimum Gasteiger partial charge on any atom is -0.432 e. The number of carbonyl (C=O) groups excluding carboxylic acids is 1. The molecule has 3 aromatic rings. The molecular weight excluding hydrogens is 547 g/mol. The van der Waals surface area contributed by atoms with Crippen molar-refractivity contribution in [1.82, 2.24) is 4.57 Å². The van der Waals surface area contributed by atoms with E-state index < -0.39 is 37.9 Å². The number of alkyl halides is 2. The lowest BCUT2D eigenvalue weighted by Crippen LogP contribution is -2.19. The summed E-state index contributed by atoms with van der Waals surface area (Å²) in [5.74, 6) is 0. The standard InChI is InChI=1S/C24H27BrF2NO6P/c1-14(2)34-23(29)32-13-33-35(30,31)24(26,27)20-10-9-18(11-21(20)25)12-28-17(5)16(4)19-8-6-7-15(3)22(19)28/h6-11,14H,12-13H2,1-5H3,(H,30,31). The van der Waals surface area contributed by atoms with Crippen LogP contribution in [0.15, 0.2) is 40.9 Å². The van der Waals surface area contributed by atoms with E-state index in [9.17, 15) is 23.0 Å². The topological polar surface area (TPSA) is 87.0 Å². The molecule has 11 heteroatoms. The molecule has 2 aromatic carbocycles. The molecule has 7 nitrogen and oxygen atoms in total. The van der Waals surface area contributed by atoms with E-state index in [-0.39, 0.29) is 4.47 Å². The van der Waals surface area contributed by atoms with E-state index in [2.05, 4.69) is 34.5 Å². The van der Waals surface area contributed by atoms with Crippen molar-refractivity contribution in [3.05, 3.63) is 68.8 Å². The molecule has 1 atom stereocenters. The van der Waals surface area contributed by atoms with E-state index in [0.29, 0.717) is 12.1 Å². The SMILES string of the molecule is Cc1c(C)n(Cc2ccc(C(F)(F)P(=O)(O)OCOC(=O)OC(C)C)c(Br)c2)c2c(C)cccc12. The fourth-order valence-corrected chi connectivity index (χ4v) is 5.46. The number of hydrogen-bond acceptors (Lipinski definition) is 5. The molecule has 0 aliphatic heterocycles. The second kappa shape index (κ2) is 10.4. The lowest BCUT2D eigenvalue weighted by atomic mass is 10.1. The Morgan fingerprint density at radius 2 is 1.89 bits per heavy atom. The van der Waals surface area contributed by atoms with E-state index >= 15 is 0 Å². The highest BCUT2D eigenvalue weighted by molar-refractivity contribution is 9.10. The molecule has 35 heavy (non-hydrogen) atoms. The summed E-state index contributed by atoms with van der Waals surface area (Å²) in [6, 6.07) is 10.1. The number of hydrogen-bond donors (Lipinski definition) is 1. The van der Waals surface area contributed by atoms with Gasteiger partial charge >= 0.3 is 19.4 Å². The lowest BCUT2D eigenvalue weighted by Gasteiger charge is -2.23. The zero-order valence-electron chi connectivity index (χ0n) is 20.0. The van der Waals surface area contributed by atoms with Crippen molar-refractivity contribution in [1.29, 1.82) is 0 Å². The van der Waals surface area contributed by atoms with Crippen LogP contribution in [0, 0.1) is 20.8 Å². The van der Waals surface area contributed by atoms with Gasteiger partial charge in [-0.05, 0) is 57.4 Å². The van der Waals surface area contributed by atoms with Crippen molar-refractivity contribution in [3.8, 4) is 0 Å². The number of nitrogens with zero attached hydrogens (tertiary/aromatic N) is 1. The van der Waals surface area contributed by atoms with Crippen LogP contribution in [0.5, 0.6) is 0 Å². The molecule has 1 N–H and O–H groups in total. The average Bonchev–Trinajstić information content (AvgIpc) is 2.99. The first-order valence-electron chi connectivity index (χ1n) is 10.8. The van der Waals surface area contributed by atoms with E-state index in [1.54, 1.807) is 13.8 Å². The lowest BCUT2D eigenvalue weighted by molar-refractivity contribution is -0.0267. The molecule has 0 fully saturated rings. The molecule has 0 spiro atoms. The van der Waals surface area contributed by atoms with Gasteiger partial charge in [-0.2, -0.15) is 8.78 Å². The van der Waals surface area contributed by atoms with Gasteiger partial charge < -0.3 is 18.9 Å². The van der Waals surface area contributed by atoms with Gasteiger partial charge in [0.2, 0.25) is 6.79 Å². The van der Waals surface area contributed by atoms with Gasteiger partial charge in [0.15, 0.2) is 0 Å². The predicted octanol–water partition coefficient (Wildman–Crippen LogP) is 7.15. The fourth-order valence-electron chi connectivity index (χ4n) is 3.77.